The zero-order valence-electron chi connectivity index (χ0n) is 11.8. The van der Waals surface area contributed by atoms with Gasteiger partial charge in [-0.25, -0.2) is 9.78 Å². The number of carbonyl (C=O) groups excluding carboxylic acids is 1. The lowest BCUT2D eigenvalue weighted by Crippen LogP contribution is -2.23. The second kappa shape index (κ2) is 5.71. The van der Waals surface area contributed by atoms with Gasteiger partial charge in [-0.3, -0.25) is 4.57 Å². The van der Waals surface area contributed by atoms with E-state index in [1.807, 2.05) is 19.9 Å². The molecule has 0 aliphatic heterocycles. The Morgan fingerprint density at radius 1 is 1.50 bits per heavy atom. The topological polar surface area (TPSA) is 70.1 Å². The molecule has 0 radical (unpaired) electrons. The van der Waals surface area contributed by atoms with Gasteiger partial charge in [0, 0.05) is 5.02 Å². The van der Waals surface area contributed by atoms with E-state index in [0.717, 1.165) is 5.52 Å². The number of hydrogen-bond acceptors (Lipinski definition) is 4. The Balaban J connectivity index is 2.57. The van der Waals surface area contributed by atoms with Gasteiger partial charge in [-0.15, -0.1) is 0 Å². The van der Waals surface area contributed by atoms with E-state index in [1.165, 1.54) is 7.11 Å². The molecule has 1 aromatic heterocycles. The molecule has 5 nitrogen and oxygen atoms in total. The second-order valence-corrected chi connectivity index (χ2v) is 5.58. The van der Waals surface area contributed by atoms with Gasteiger partial charge in [0.2, 0.25) is 5.95 Å². The molecule has 1 aromatic carbocycles. The summed E-state index contributed by atoms with van der Waals surface area (Å²) in [5.41, 5.74) is 7.43. The lowest BCUT2D eigenvalue weighted by Gasteiger charge is -2.20. The first-order valence-electron chi connectivity index (χ1n) is 6.44. The van der Waals surface area contributed by atoms with Gasteiger partial charge in [-0.05, 0) is 30.5 Å². The Kier molecular flexibility index (Phi) is 4.18. The van der Waals surface area contributed by atoms with Gasteiger partial charge in [0.1, 0.15) is 6.04 Å². The maximum Gasteiger partial charge on any atom is 0.328 e. The number of aromatic nitrogens is 2. The summed E-state index contributed by atoms with van der Waals surface area (Å²) in [5.74, 6) is 0.293. The molecule has 2 N–H and O–H groups in total. The van der Waals surface area contributed by atoms with Crippen molar-refractivity contribution < 1.29 is 9.53 Å². The highest BCUT2D eigenvalue weighted by Gasteiger charge is 2.26. The van der Waals surface area contributed by atoms with Crippen LogP contribution in [0.1, 0.15) is 26.3 Å². The van der Waals surface area contributed by atoms with E-state index >= 15 is 0 Å². The number of methoxy groups -OCH3 is 1. The van der Waals surface area contributed by atoms with Crippen LogP contribution in [0.2, 0.25) is 5.02 Å². The third kappa shape index (κ3) is 2.72. The maximum absolute atomic E-state index is 12.1. The summed E-state index contributed by atoms with van der Waals surface area (Å²) in [6.45, 7) is 4.09. The number of imidazole rings is 1. The summed E-state index contributed by atoms with van der Waals surface area (Å²) < 4.78 is 6.62. The van der Waals surface area contributed by atoms with Gasteiger partial charge >= 0.3 is 5.97 Å². The monoisotopic (exact) mass is 295 g/mol. The van der Waals surface area contributed by atoms with E-state index in [-0.39, 0.29) is 5.97 Å². The summed E-state index contributed by atoms with van der Waals surface area (Å²) in [4.78, 5) is 16.3. The molecule has 0 saturated carbocycles. The number of esters is 1. The average Bonchev–Trinajstić information content (AvgIpc) is 2.69. The summed E-state index contributed by atoms with van der Waals surface area (Å²) in [7, 11) is 1.38. The number of hydrogen-bond donors (Lipinski definition) is 1. The highest BCUT2D eigenvalue weighted by atomic mass is 35.5. The number of halogens is 1. The van der Waals surface area contributed by atoms with Crippen LogP contribution in [0.25, 0.3) is 11.0 Å². The van der Waals surface area contributed by atoms with E-state index in [9.17, 15) is 4.79 Å². The van der Waals surface area contributed by atoms with Crippen molar-refractivity contribution in [1.82, 2.24) is 9.55 Å². The van der Waals surface area contributed by atoms with E-state index in [1.54, 1.807) is 16.7 Å². The maximum atomic E-state index is 12.1. The standard InChI is InChI=1S/C14H18ClN3O2/c1-8(2)6-12(13(19)20-3)18-11-5-4-9(15)7-10(11)17-14(18)16/h4-5,7-8,12H,6H2,1-3H3,(H2,16,17). The number of nitrogens with zero attached hydrogens (tertiary/aromatic N) is 2. The molecule has 0 saturated heterocycles. The van der Waals surface area contributed by atoms with Gasteiger partial charge in [0.05, 0.1) is 18.1 Å². The quantitative estimate of drug-likeness (QED) is 0.880. The van der Waals surface area contributed by atoms with E-state index in [4.69, 9.17) is 22.1 Å². The number of carbonyl (C=O) groups is 1. The number of anilines is 1. The minimum Gasteiger partial charge on any atom is -0.467 e. The predicted molar refractivity (Wildman–Crippen MR) is 79.7 cm³/mol. The van der Waals surface area contributed by atoms with Crippen molar-refractivity contribution >= 4 is 34.6 Å². The molecule has 0 bridgehead atoms. The van der Waals surface area contributed by atoms with Crippen LogP contribution < -0.4 is 5.73 Å². The third-order valence-corrected chi connectivity index (χ3v) is 3.39. The lowest BCUT2D eigenvalue weighted by atomic mass is 10.0. The smallest absolute Gasteiger partial charge is 0.328 e. The lowest BCUT2D eigenvalue weighted by molar-refractivity contribution is -0.145. The third-order valence-electron chi connectivity index (χ3n) is 3.16. The minimum absolute atomic E-state index is 0.290. The SMILES string of the molecule is COC(=O)C(CC(C)C)n1c(N)nc2cc(Cl)ccc21. The molecule has 1 heterocycles. The van der Waals surface area contributed by atoms with E-state index in [2.05, 4.69) is 4.98 Å². The van der Waals surface area contributed by atoms with Crippen LogP contribution in [0.15, 0.2) is 18.2 Å². The Morgan fingerprint density at radius 3 is 2.80 bits per heavy atom. The predicted octanol–water partition coefficient (Wildman–Crippen LogP) is 3.03. The molecule has 0 amide bonds. The number of nitrogen functional groups attached to an aromatic ring is 1. The highest BCUT2D eigenvalue weighted by Crippen LogP contribution is 2.29. The molecule has 2 aromatic rings. The first kappa shape index (κ1) is 14.7. The summed E-state index contributed by atoms with van der Waals surface area (Å²) in [6, 6.07) is 4.82. The summed E-state index contributed by atoms with van der Waals surface area (Å²) in [5, 5.41) is 0.584. The fourth-order valence-corrected chi connectivity index (χ4v) is 2.47. The molecule has 1 unspecified atom stereocenters. The van der Waals surface area contributed by atoms with Crippen molar-refractivity contribution in [2.24, 2.45) is 5.92 Å². The molecule has 0 spiro atoms. The summed E-state index contributed by atoms with van der Waals surface area (Å²) in [6.07, 6.45) is 0.630. The second-order valence-electron chi connectivity index (χ2n) is 5.14. The summed E-state index contributed by atoms with van der Waals surface area (Å²) >= 11 is 5.95. The number of benzene rings is 1. The van der Waals surface area contributed by atoms with Crippen LogP contribution in [-0.4, -0.2) is 22.6 Å². The van der Waals surface area contributed by atoms with Crippen LogP contribution in [0.5, 0.6) is 0 Å². The fourth-order valence-electron chi connectivity index (χ4n) is 2.31. The van der Waals surface area contributed by atoms with E-state index in [0.29, 0.717) is 28.8 Å². The number of rotatable bonds is 4. The van der Waals surface area contributed by atoms with Gasteiger partial charge in [-0.2, -0.15) is 0 Å². The van der Waals surface area contributed by atoms with Crippen molar-refractivity contribution in [3.05, 3.63) is 23.2 Å². The number of nitrogens with two attached hydrogens (primary N) is 1. The van der Waals surface area contributed by atoms with E-state index < -0.39 is 6.04 Å². The van der Waals surface area contributed by atoms with Gasteiger partial charge in [0.25, 0.3) is 0 Å². The van der Waals surface area contributed by atoms with Crippen molar-refractivity contribution in [2.75, 3.05) is 12.8 Å². The molecule has 2 rings (SSSR count). The first-order chi connectivity index (χ1) is 9.43. The van der Waals surface area contributed by atoms with Crippen molar-refractivity contribution in [3.63, 3.8) is 0 Å². The van der Waals surface area contributed by atoms with Crippen molar-refractivity contribution in [2.45, 2.75) is 26.3 Å². The van der Waals surface area contributed by atoms with Gasteiger partial charge in [-0.1, -0.05) is 25.4 Å². The molecular formula is C14H18ClN3O2. The van der Waals surface area contributed by atoms with Crippen molar-refractivity contribution in [3.8, 4) is 0 Å². The molecule has 0 aliphatic carbocycles. The Labute approximate surface area is 122 Å². The molecule has 108 valence electrons. The molecule has 6 heteroatoms. The average molecular weight is 296 g/mol. The van der Waals surface area contributed by atoms with Gasteiger partial charge < -0.3 is 10.5 Å². The normalized spacial score (nSPS) is 12.8. The fraction of sp³-hybridized carbons (Fsp3) is 0.429. The van der Waals surface area contributed by atoms with Crippen LogP contribution in [0.3, 0.4) is 0 Å². The molecular weight excluding hydrogens is 278 g/mol. The Hall–Kier alpha value is -1.75. The molecule has 20 heavy (non-hydrogen) atoms. The highest BCUT2D eigenvalue weighted by molar-refractivity contribution is 6.31. The van der Waals surface area contributed by atoms with Crippen LogP contribution in [0.4, 0.5) is 5.95 Å². The van der Waals surface area contributed by atoms with Crippen LogP contribution in [-0.2, 0) is 9.53 Å². The van der Waals surface area contributed by atoms with Crippen LogP contribution in [0, 0.1) is 5.92 Å². The molecule has 1 atom stereocenters. The molecule has 0 aliphatic rings. The zero-order valence-corrected chi connectivity index (χ0v) is 12.5. The number of fused-ring (bicyclic) bond motifs is 1. The number of ether oxygens (including phenoxy) is 1. The Morgan fingerprint density at radius 2 is 2.20 bits per heavy atom. The molecule has 0 fully saturated rings. The first-order valence-corrected chi connectivity index (χ1v) is 6.82. The minimum atomic E-state index is -0.480. The largest absolute Gasteiger partial charge is 0.467 e. The van der Waals surface area contributed by atoms with Crippen molar-refractivity contribution in [1.29, 1.82) is 0 Å². The zero-order chi connectivity index (χ0) is 14.9. The van der Waals surface area contributed by atoms with Gasteiger partial charge in [0.15, 0.2) is 0 Å². The Bertz CT molecular complexity index is 637. The van der Waals surface area contributed by atoms with Crippen LogP contribution >= 0.6 is 11.6 Å².